The van der Waals surface area contributed by atoms with Crippen molar-refractivity contribution in [3.8, 4) is 5.75 Å². The molecule has 1 amide bonds. The largest absolute Gasteiger partial charge is 0.489 e. The molecule has 4 rings (SSSR count). The van der Waals surface area contributed by atoms with Gasteiger partial charge in [-0.2, -0.15) is 0 Å². The molecule has 1 aliphatic carbocycles. The van der Waals surface area contributed by atoms with Crippen LogP contribution in [0.4, 0.5) is 8.78 Å². The third kappa shape index (κ3) is 5.21. The second kappa shape index (κ2) is 9.98. The summed E-state index contributed by atoms with van der Waals surface area (Å²) in [5.74, 6) is -0.518. The highest BCUT2D eigenvalue weighted by atomic mass is 35.5. The maximum Gasteiger partial charge on any atom is 0.264 e. The minimum absolute atomic E-state index is 0.00625. The summed E-state index contributed by atoms with van der Waals surface area (Å²) in [6.45, 7) is 3.59. The van der Waals surface area contributed by atoms with Gasteiger partial charge in [0, 0.05) is 29.9 Å². The molecule has 2 aromatic carbocycles. The monoisotopic (exact) mass is 480 g/mol. The Balaban J connectivity index is 1.51. The first-order valence-electron chi connectivity index (χ1n) is 10.9. The minimum Gasteiger partial charge on any atom is -0.489 e. The number of amides is 1. The SMILES string of the molecule is CSNC(=O)c1cc(C2CC2)c(OC2CCCN(C(C)c3ccc(F)cc3Cl)C2)cc1F. The Kier molecular flexibility index (Phi) is 7.27. The standard InChI is InChI=1S/C24H27ClF2N2O2S/c1-14(18-8-7-16(26)10-21(18)25)29-9-3-4-17(13-29)31-23-12-22(27)20(24(30)28-32-2)11-19(23)15-5-6-15/h7-8,10-12,14-15,17H,3-6,9,13H2,1-2H3,(H,28,30). The molecule has 0 bridgehead atoms. The minimum atomic E-state index is -0.574. The lowest BCUT2D eigenvalue weighted by Crippen LogP contribution is -2.42. The van der Waals surface area contributed by atoms with Crippen LogP contribution in [0, 0.1) is 11.6 Å². The number of nitrogens with zero attached hydrogens (tertiary/aromatic N) is 1. The van der Waals surface area contributed by atoms with Crippen LogP contribution in [0.15, 0.2) is 30.3 Å². The van der Waals surface area contributed by atoms with Crippen molar-refractivity contribution in [2.75, 3.05) is 19.3 Å². The summed E-state index contributed by atoms with van der Waals surface area (Å²) in [7, 11) is 0. The Morgan fingerprint density at radius 3 is 2.72 bits per heavy atom. The molecule has 1 saturated heterocycles. The molecule has 4 nitrogen and oxygen atoms in total. The second-order valence-corrected chi connectivity index (χ2v) is 9.52. The van der Waals surface area contributed by atoms with E-state index in [-0.39, 0.29) is 23.5 Å². The van der Waals surface area contributed by atoms with Crippen LogP contribution in [0.3, 0.4) is 0 Å². The van der Waals surface area contributed by atoms with Gasteiger partial charge in [0.05, 0.1) is 5.56 Å². The lowest BCUT2D eigenvalue weighted by molar-refractivity contribution is 0.0650. The number of halogens is 3. The fraction of sp³-hybridized carbons (Fsp3) is 0.458. The van der Waals surface area contributed by atoms with Crippen LogP contribution >= 0.6 is 23.5 Å². The molecule has 0 aromatic heterocycles. The quantitative estimate of drug-likeness (QED) is 0.485. The molecule has 32 heavy (non-hydrogen) atoms. The van der Waals surface area contributed by atoms with Crippen LogP contribution in [0.5, 0.6) is 5.75 Å². The van der Waals surface area contributed by atoms with Crippen molar-refractivity contribution in [2.45, 2.75) is 50.7 Å². The number of carbonyl (C=O) groups excluding carboxylic acids is 1. The summed E-state index contributed by atoms with van der Waals surface area (Å²) in [6.07, 6.45) is 5.45. The van der Waals surface area contributed by atoms with Gasteiger partial charge < -0.3 is 4.74 Å². The smallest absolute Gasteiger partial charge is 0.264 e. The van der Waals surface area contributed by atoms with Gasteiger partial charge in [-0.3, -0.25) is 14.4 Å². The fourth-order valence-electron chi connectivity index (χ4n) is 4.34. The summed E-state index contributed by atoms with van der Waals surface area (Å²) in [5.41, 5.74) is 1.84. The Labute approximate surface area is 196 Å². The zero-order valence-electron chi connectivity index (χ0n) is 18.2. The molecule has 172 valence electrons. The molecule has 0 radical (unpaired) electrons. The average molecular weight is 481 g/mol. The summed E-state index contributed by atoms with van der Waals surface area (Å²) in [5, 5.41) is 0.415. The zero-order valence-corrected chi connectivity index (χ0v) is 19.7. The van der Waals surface area contributed by atoms with E-state index in [2.05, 4.69) is 16.5 Å². The highest BCUT2D eigenvalue weighted by Gasteiger charge is 2.32. The van der Waals surface area contributed by atoms with Crippen LogP contribution < -0.4 is 9.46 Å². The Morgan fingerprint density at radius 2 is 2.03 bits per heavy atom. The van der Waals surface area contributed by atoms with Crippen molar-refractivity contribution in [1.29, 1.82) is 0 Å². The predicted molar refractivity (Wildman–Crippen MR) is 124 cm³/mol. The molecule has 2 aliphatic rings. The summed E-state index contributed by atoms with van der Waals surface area (Å²) in [6, 6.07) is 7.51. The van der Waals surface area contributed by atoms with E-state index >= 15 is 0 Å². The van der Waals surface area contributed by atoms with E-state index in [0.717, 1.165) is 55.3 Å². The van der Waals surface area contributed by atoms with E-state index in [1.54, 1.807) is 18.4 Å². The van der Waals surface area contributed by atoms with Crippen LogP contribution in [-0.2, 0) is 0 Å². The normalized spacial score (nSPS) is 20.1. The van der Waals surface area contributed by atoms with Crippen molar-refractivity contribution >= 4 is 29.5 Å². The number of nitrogens with one attached hydrogen (secondary N) is 1. The molecule has 2 fully saturated rings. The van der Waals surface area contributed by atoms with Crippen molar-refractivity contribution in [2.24, 2.45) is 0 Å². The predicted octanol–water partition coefficient (Wildman–Crippen LogP) is 6.11. The molecule has 2 aromatic rings. The fourth-order valence-corrected chi connectivity index (χ4v) is 4.96. The van der Waals surface area contributed by atoms with Gasteiger partial charge in [0.15, 0.2) is 0 Å². The van der Waals surface area contributed by atoms with Gasteiger partial charge in [0.1, 0.15) is 23.5 Å². The maximum absolute atomic E-state index is 14.7. The number of carbonyl (C=O) groups is 1. The molecule has 1 N–H and O–H groups in total. The summed E-state index contributed by atoms with van der Waals surface area (Å²) >= 11 is 7.42. The first kappa shape index (κ1) is 23.3. The molecule has 1 saturated carbocycles. The van der Waals surface area contributed by atoms with Gasteiger partial charge in [0.2, 0.25) is 0 Å². The molecular weight excluding hydrogens is 454 g/mol. The van der Waals surface area contributed by atoms with Crippen LogP contribution in [0.2, 0.25) is 5.02 Å². The molecule has 8 heteroatoms. The lowest BCUT2D eigenvalue weighted by atomic mass is 10.0. The molecule has 2 atom stereocenters. The van der Waals surface area contributed by atoms with Crippen molar-refractivity contribution < 1.29 is 18.3 Å². The first-order chi connectivity index (χ1) is 15.4. The van der Waals surface area contributed by atoms with E-state index in [9.17, 15) is 13.6 Å². The van der Waals surface area contributed by atoms with Crippen LogP contribution in [-0.4, -0.2) is 36.3 Å². The first-order valence-corrected chi connectivity index (χ1v) is 12.5. The number of benzene rings is 2. The lowest BCUT2D eigenvalue weighted by Gasteiger charge is -2.37. The summed E-state index contributed by atoms with van der Waals surface area (Å²) in [4.78, 5) is 14.5. The van der Waals surface area contributed by atoms with Crippen LogP contribution in [0.1, 0.15) is 66.1 Å². The third-order valence-corrected chi connectivity index (χ3v) is 6.94. The van der Waals surface area contributed by atoms with E-state index in [1.807, 2.05) is 0 Å². The molecule has 2 unspecified atom stereocenters. The number of rotatable bonds is 7. The Bertz CT molecular complexity index is 1000. The van der Waals surface area contributed by atoms with Crippen molar-refractivity contribution in [3.63, 3.8) is 0 Å². The maximum atomic E-state index is 14.7. The van der Waals surface area contributed by atoms with E-state index < -0.39 is 11.7 Å². The topological polar surface area (TPSA) is 41.6 Å². The zero-order chi connectivity index (χ0) is 22.8. The van der Waals surface area contributed by atoms with E-state index in [0.29, 0.717) is 23.2 Å². The molecule has 1 heterocycles. The number of hydrogen-bond acceptors (Lipinski definition) is 4. The second-order valence-electron chi connectivity index (χ2n) is 8.50. The van der Waals surface area contributed by atoms with Crippen molar-refractivity contribution in [1.82, 2.24) is 9.62 Å². The van der Waals surface area contributed by atoms with Gasteiger partial charge in [-0.25, -0.2) is 8.78 Å². The van der Waals surface area contributed by atoms with E-state index in [4.69, 9.17) is 16.3 Å². The number of piperidine rings is 1. The van der Waals surface area contributed by atoms with Gasteiger partial charge in [0.25, 0.3) is 5.91 Å². The van der Waals surface area contributed by atoms with Gasteiger partial charge in [-0.1, -0.05) is 29.6 Å². The number of hydrogen-bond donors (Lipinski definition) is 1. The Morgan fingerprint density at radius 1 is 1.25 bits per heavy atom. The molecular formula is C24H27ClF2N2O2S. The van der Waals surface area contributed by atoms with Crippen molar-refractivity contribution in [3.05, 3.63) is 63.7 Å². The molecule has 0 spiro atoms. The van der Waals surface area contributed by atoms with Gasteiger partial charge >= 0.3 is 0 Å². The van der Waals surface area contributed by atoms with Crippen LogP contribution in [0.25, 0.3) is 0 Å². The third-order valence-electron chi connectivity index (χ3n) is 6.22. The number of ether oxygens (including phenoxy) is 1. The highest BCUT2D eigenvalue weighted by Crippen LogP contribution is 2.45. The highest BCUT2D eigenvalue weighted by molar-refractivity contribution is 7.97. The van der Waals surface area contributed by atoms with Gasteiger partial charge in [-0.05, 0) is 74.4 Å². The Hall–Kier alpha value is -1.83. The van der Waals surface area contributed by atoms with Gasteiger partial charge in [-0.15, -0.1) is 0 Å². The van der Waals surface area contributed by atoms with E-state index in [1.165, 1.54) is 18.2 Å². The number of likely N-dealkylation sites (tertiary alicyclic amines) is 1. The summed E-state index contributed by atoms with van der Waals surface area (Å²) < 4.78 is 37.1. The molecule has 1 aliphatic heterocycles. The average Bonchev–Trinajstić information content (AvgIpc) is 3.59.